The van der Waals surface area contributed by atoms with Crippen molar-refractivity contribution in [1.29, 1.82) is 0 Å². The third kappa shape index (κ3) is 2.43. The van der Waals surface area contributed by atoms with E-state index in [0.29, 0.717) is 12.1 Å². The van der Waals surface area contributed by atoms with Gasteiger partial charge in [-0.2, -0.15) is 0 Å². The second-order valence-electron chi connectivity index (χ2n) is 6.33. The van der Waals surface area contributed by atoms with Crippen LogP contribution in [0, 0.1) is 0 Å². The molecule has 2 atom stereocenters. The van der Waals surface area contributed by atoms with Crippen molar-refractivity contribution in [3.8, 4) is 5.75 Å². The molecule has 4 heteroatoms. The summed E-state index contributed by atoms with van der Waals surface area (Å²) in [5, 5.41) is 4.20. The van der Waals surface area contributed by atoms with Gasteiger partial charge < -0.3 is 10.1 Å². The Morgan fingerprint density at radius 1 is 1.45 bits per heavy atom. The summed E-state index contributed by atoms with van der Waals surface area (Å²) in [7, 11) is 2.02. The zero-order chi connectivity index (χ0) is 14.3. The van der Waals surface area contributed by atoms with Crippen LogP contribution in [0.1, 0.15) is 38.3 Å². The molecule has 1 N–H and O–H groups in total. The monoisotopic (exact) mass is 294 g/mol. The Morgan fingerprint density at radius 2 is 2.25 bits per heavy atom. The van der Waals surface area contributed by atoms with Crippen LogP contribution in [-0.4, -0.2) is 36.7 Å². The topological polar surface area (TPSA) is 24.5 Å². The van der Waals surface area contributed by atoms with Gasteiger partial charge in [0.2, 0.25) is 0 Å². The maximum atomic E-state index is 6.41. The van der Waals surface area contributed by atoms with E-state index in [0.717, 1.165) is 36.7 Å². The van der Waals surface area contributed by atoms with Crippen LogP contribution in [0.5, 0.6) is 5.75 Å². The molecule has 3 rings (SSSR count). The van der Waals surface area contributed by atoms with E-state index >= 15 is 0 Å². The molecule has 1 fully saturated rings. The Bertz CT molecular complexity index is 505. The summed E-state index contributed by atoms with van der Waals surface area (Å²) in [5.41, 5.74) is 1.15. The minimum Gasteiger partial charge on any atom is -0.485 e. The van der Waals surface area contributed by atoms with Gasteiger partial charge in [-0.1, -0.05) is 11.6 Å². The van der Waals surface area contributed by atoms with Crippen molar-refractivity contribution >= 4 is 11.6 Å². The molecule has 110 valence electrons. The van der Waals surface area contributed by atoms with Crippen LogP contribution in [0.25, 0.3) is 0 Å². The maximum Gasteiger partial charge on any atom is 0.125 e. The Kier molecular flexibility index (Phi) is 3.69. The lowest BCUT2D eigenvalue weighted by Gasteiger charge is -2.40. The summed E-state index contributed by atoms with van der Waals surface area (Å²) in [5.74, 6) is 0.991. The second-order valence-corrected chi connectivity index (χ2v) is 6.76. The van der Waals surface area contributed by atoms with E-state index in [-0.39, 0.29) is 5.60 Å². The van der Waals surface area contributed by atoms with Crippen molar-refractivity contribution in [3.05, 3.63) is 28.8 Å². The van der Waals surface area contributed by atoms with Crippen LogP contribution >= 0.6 is 11.6 Å². The molecule has 0 bridgehead atoms. The smallest absolute Gasteiger partial charge is 0.125 e. The molecular formula is C16H23ClN2O. The van der Waals surface area contributed by atoms with Crippen molar-refractivity contribution in [2.24, 2.45) is 0 Å². The normalized spacial score (nSPS) is 29.8. The first-order chi connectivity index (χ1) is 9.53. The van der Waals surface area contributed by atoms with Crippen molar-refractivity contribution in [2.45, 2.75) is 44.4 Å². The fraction of sp³-hybridized carbons (Fsp3) is 0.625. The first kappa shape index (κ1) is 14.2. The molecule has 0 amide bonds. The number of ether oxygens (including phenoxy) is 1. The average Bonchev–Trinajstić information content (AvgIpc) is 2.82. The lowest BCUT2D eigenvalue weighted by atomic mass is 9.86. The molecule has 2 aliphatic rings. The number of likely N-dealkylation sites (tertiary alicyclic amines) is 1. The van der Waals surface area contributed by atoms with Gasteiger partial charge in [0, 0.05) is 48.6 Å². The molecule has 1 saturated heterocycles. The first-order valence-corrected chi connectivity index (χ1v) is 7.80. The van der Waals surface area contributed by atoms with Gasteiger partial charge in [-0.25, -0.2) is 0 Å². The van der Waals surface area contributed by atoms with E-state index in [1.165, 1.54) is 5.56 Å². The van der Waals surface area contributed by atoms with Crippen LogP contribution < -0.4 is 10.1 Å². The van der Waals surface area contributed by atoms with Crippen molar-refractivity contribution in [3.63, 3.8) is 0 Å². The fourth-order valence-corrected chi connectivity index (χ4v) is 3.65. The summed E-state index contributed by atoms with van der Waals surface area (Å²) in [6.07, 6.45) is 2.12. The van der Waals surface area contributed by atoms with Crippen LogP contribution in [0.4, 0.5) is 0 Å². The maximum absolute atomic E-state index is 6.41. The standard InChI is InChI=1S/C16H23ClN2O/c1-11(2)19-7-6-16(10-19)9-14(18-3)13-8-12(17)4-5-15(13)20-16/h4-5,8,11,14,18H,6-7,9-10H2,1-3H3. The average molecular weight is 295 g/mol. The number of nitrogens with zero attached hydrogens (tertiary/aromatic N) is 1. The summed E-state index contributed by atoms with van der Waals surface area (Å²) in [6.45, 7) is 6.65. The highest BCUT2D eigenvalue weighted by Gasteiger charge is 2.46. The van der Waals surface area contributed by atoms with E-state index in [1.54, 1.807) is 0 Å². The lowest BCUT2D eigenvalue weighted by Crippen LogP contribution is -2.46. The molecule has 2 unspecified atom stereocenters. The Hall–Kier alpha value is -0.770. The quantitative estimate of drug-likeness (QED) is 0.906. The third-order valence-electron chi connectivity index (χ3n) is 4.67. The van der Waals surface area contributed by atoms with E-state index in [2.05, 4.69) is 24.1 Å². The highest BCUT2D eigenvalue weighted by Crippen LogP contribution is 2.44. The van der Waals surface area contributed by atoms with Gasteiger partial charge >= 0.3 is 0 Å². The molecule has 3 nitrogen and oxygen atoms in total. The number of fused-ring (bicyclic) bond motifs is 1. The summed E-state index contributed by atoms with van der Waals surface area (Å²) in [6, 6.07) is 6.87. The van der Waals surface area contributed by atoms with Gasteiger partial charge in [0.15, 0.2) is 0 Å². The number of benzene rings is 1. The molecule has 0 saturated carbocycles. The molecule has 0 aromatic heterocycles. The second kappa shape index (κ2) is 5.21. The predicted octanol–water partition coefficient (Wildman–Crippen LogP) is 3.24. The lowest BCUT2D eigenvalue weighted by molar-refractivity contribution is 0.0366. The third-order valence-corrected chi connectivity index (χ3v) is 4.91. The molecule has 1 aromatic carbocycles. The van der Waals surface area contributed by atoms with E-state index < -0.39 is 0 Å². The van der Waals surface area contributed by atoms with Crippen LogP contribution in [0.15, 0.2) is 18.2 Å². The Morgan fingerprint density at radius 3 is 2.90 bits per heavy atom. The minimum atomic E-state index is -0.0429. The molecule has 1 spiro atoms. The van der Waals surface area contributed by atoms with Gasteiger partial charge in [-0.3, -0.25) is 4.90 Å². The summed E-state index contributed by atoms with van der Waals surface area (Å²) in [4.78, 5) is 2.51. The molecule has 2 heterocycles. The molecule has 1 aromatic rings. The zero-order valence-electron chi connectivity index (χ0n) is 12.4. The summed E-state index contributed by atoms with van der Waals surface area (Å²) < 4.78 is 6.41. The van der Waals surface area contributed by atoms with E-state index in [4.69, 9.17) is 16.3 Å². The predicted molar refractivity (Wildman–Crippen MR) is 82.6 cm³/mol. The van der Waals surface area contributed by atoms with E-state index in [9.17, 15) is 0 Å². The fourth-order valence-electron chi connectivity index (χ4n) is 3.47. The van der Waals surface area contributed by atoms with E-state index in [1.807, 2.05) is 25.2 Å². The molecule has 2 aliphatic heterocycles. The SMILES string of the molecule is CNC1CC2(CCN(C(C)C)C2)Oc2ccc(Cl)cc21. The van der Waals surface area contributed by atoms with Crippen molar-refractivity contribution in [2.75, 3.05) is 20.1 Å². The molecule has 0 aliphatic carbocycles. The molecule has 0 radical (unpaired) electrons. The zero-order valence-corrected chi connectivity index (χ0v) is 13.2. The number of hydrogen-bond donors (Lipinski definition) is 1. The number of nitrogens with one attached hydrogen (secondary N) is 1. The molecule has 20 heavy (non-hydrogen) atoms. The van der Waals surface area contributed by atoms with Gasteiger partial charge in [-0.05, 0) is 39.1 Å². The van der Waals surface area contributed by atoms with Crippen molar-refractivity contribution < 1.29 is 4.74 Å². The van der Waals surface area contributed by atoms with Gasteiger partial charge in [0.25, 0.3) is 0 Å². The van der Waals surface area contributed by atoms with Crippen LogP contribution in [0.2, 0.25) is 5.02 Å². The van der Waals surface area contributed by atoms with Gasteiger partial charge in [-0.15, -0.1) is 0 Å². The number of rotatable bonds is 2. The summed E-state index contributed by atoms with van der Waals surface area (Å²) >= 11 is 6.12. The van der Waals surface area contributed by atoms with Gasteiger partial charge in [0.1, 0.15) is 11.4 Å². The van der Waals surface area contributed by atoms with Crippen molar-refractivity contribution in [1.82, 2.24) is 10.2 Å². The van der Waals surface area contributed by atoms with Crippen LogP contribution in [-0.2, 0) is 0 Å². The Balaban J connectivity index is 1.90. The highest BCUT2D eigenvalue weighted by molar-refractivity contribution is 6.30. The molecular weight excluding hydrogens is 272 g/mol. The number of halogens is 1. The Labute approximate surface area is 126 Å². The largest absolute Gasteiger partial charge is 0.485 e. The minimum absolute atomic E-state index is 0.0429. The highest BCUT2D eigenvalue weighted by atomic mass is 35.5. The number of hydrogen-bond acceptors (Lipinski definition) is 3. The van der Waals surface area contributed by atoms with Crippen LogP contribution in [0.3, 0.4) is 0 Å². The van der Waals surface area contributed by atoms with Gasteiger partial charge in [0.05, 0.1) is 0 Å². The first-order valence-electron chi connectivity index (χ1n) is 7.43.